The number of aliphatic hydroxyl groups is 8. The highest BCUT2D eigenvalue weighted by Gasteiger charge is 2.51. The van der Waals surface area contributed by atoms with Crippen LogP contribution in [0.4, 0.5) is 0 Å². The molecule has 0 aromatic rings. The normalized spacial score (nSPS) is 25.9. The first-order valence-corrected chi connectivity index (χ1v) is 28.8. The van der Waals surface area contributed by atoms with Crippen molar-refractivity contribution < 1.29 is 64.6 Å². The Morgan fingerprint density at radius 1 is 0.500 bits per heavy atom. The van der Waals surface area contributed by atoms with Crippen molar-refractivity contribution in [3.8, 4) is 0 Å². The predicted octanol–water partition coefficient (Wildman–Crippen LogP) is 9.33. The first-order chi connectivity index (χ1) is 36.1. The van der Waals surface area contributed by atoms with Gasteiger partial charge in [-0.15, -0.1) is 0 Å². The van der Waals surface area contributed by atoms with Crippen LogP contribution in [0.1, 0.15) is 194 Å². The Morgan fingerprint density at radius 3 is 1.43 bits per heavy atom. The molecule has 74 heavy (non-hydrogen) atoms. The van der Waals surface area contributed by atoms with Gasteiger partial charge >= 0.3 is 0 Å². The van der Waals surface area contributed by atoms with Gasteiger partial charge < -0.3 is 65.1 Å². The van der Waals surface area contributed by atoms with Gasteiger partial charge in [-0.2, -0.15) is 0 Å². The highest BCUT2D eigenvalue weighted by molar-refractivity contribution is 5.76. The molecule has 2 aliphatic rings. The topological polar surface area (TPSA) is 228 Å². The van der Waals surface area contributed by atoms with Gasteiger partial charge in [0.25, 0.3) is 0 Å². The molecule has 0 spiro atoms. The minimum Gasteiger partial charge on any atom is -0.394 e. The second-order valence-electron chi connectivity index (χ2n) is 20.0. The van der Waals surface area contributed by atoms with Crippen LogP contribution in [0.25, 0.3) is 0 Å². The van der Waals surface area contributed by atoms with E-state index in [-0.39, 0.29) is 18.9 Å². The zero-order chi connectivity index (χ0) is 53.9. The number of hydrogen-bond donors (Lipinski definition) is 9. The van der Waals surface area contributed by atoms with Crippen LogP contribution in [0, 0.1) is 0 Å². The maximum atomic E-state index is 13.1. The number of ether oxygens (including phenoxy) is 4. The Kier molecular flexibility index (Phi) is 41.1. The second-order valence-corrected chi connectivity index (χ2v) is 20.0. The molecule has 1 amide bonds. The summed E-state index contributed by atoms with van der Waals surface area (Å²) in [5.74, 6) is -0.250. The molecule has 12 atom stereocenters. The molecule has 14 nitrogen and oxygen atoms in total. The number of hydrogen-bond acceptors (Lipinski definition) is 13. The Labute approximate surface area is 446 Å². The number of allylic oxidation sites excluding steroid dienone is 13. The molecule has 12 unspecified atom stereocenters. The van der Waals surface area contributed by atoms with E-state index in [1.165, 1.54) is 83.5 Å². The fraction of sp³-hybridized carbons (Fsp3) is 0.750. The van der Waals surface area contributed by atoms with E-state index < -0.39 is 86.8 Å². The molecule has 0 aromatic heterocycles. The first-order valence-electron chi connectivity index (χ1n) is 28.8. The number of nitrogens with one attached hydrogen (secondary N) is 1. The fourth-order valence-corrected chi connectivity index (χ4v) is 8.94. The Hall–Kier alpha value is -2.83. The smallest absolute Gasteiger partial charge is 0.220 e. The van der Waals surface area contributed by atoms with Crippen molar-refractivity contribution in [2.75, 3.05) is 19.8 Å². The van der Waals surface area contributed by atoms with E-state index in [4.69, 9.17) is 18.9 Å². The van der Waals surface area contributed by atoms with Gasteiger partial charge in [-0.05, 0) is 70.6 Å². The van der Waals surface area contributed by atoms with Crippen molar-refractivity contribution in [2.45, 2.75) is 267 Å². The Bertz CT molecular complexity index is 1560. The van der Waals surface area contributed by atoms with E-state index >= 15 is 0 Å². The van der Waals surface area contributed by atoms with E-state index in [1.54, 1.807) is 6.08 Å². The van der Waals surface area contributed by atoms with Crippen LogP contribution in [-0.4, -0.2) is 140 Å². The van der Waals surface area contributed by atoms with E-state index in [0.717, 1.165) is 83.5 Å². The summed E-state index contributed by atoms with van der Waals surface area (Å²) >= 11 is 0. The van der Waals surface area contributed by atoms with Gasteiger partial charge in [0.05, 0.1) is 32.0 Å². The zero-order valence-corrected chi connectivity index (χ0v) is 45.6. The summed E-state index contributed by atoms with van der Waals surface area (Å²) in [5.41, 5.74) is 0. The van der Waals surface area contributed by atoms with Gasteiger partial charge in [0.2, 0.25) is 5.91 Å². The average Bonchev–Trinajstić information content (AvgIpc) is 3.40. The van der Waals surface area contributed by atoms with Gasteiger partial charge in [0, 0.05) is 6.42 Å². The van der Waals surface area contributed by atoms with Crippen LogP contribution in [-0.2, 0) is 23.7 Å². The van der Waals surface area contributed by atoms with E-state index in [2.05, 4.69) is 92.1 Å². The Balaban J connectivity index is 1.54. The fourth-order valence-electron chi connectivity index (χ4n) is 8.94. The second kappa shape index (κ2) is 45.2. The average molecular weight is 1050 g/mol. The van der Waals surface area contributed by atoms with Crippen LogP contribution in [0.3, 0.4) is 0 Å². The van der Waals surface area contributed by atoms with Gasteiger partial charge in [0.15, 0.2) is 12.6 Å². The van der Waals surface area contributed by atoms with Gasteiger partial charge in [-0.1, -0.05) is 202 Å². The number of amides is 1. The van der Waals surface area contributed by atoms with E-state index in [1.807, 2.05) is 6.08 Å². The van der Waals surface area contributed by atoms with Crippen molar-refractivity contribution in [3.05, 3.63) is 85.1 Å². The van der Waals surface area contributed by atoms with Crippen LogP contribution >= 0.6 is 0 Å². The molecule has 0 bridgehead atoms. The number of unbranched alkanes of at least 4 members (excludes halogenated alkanes) is 19. The molecular formula is C60H103NO13. The molecule has 9 N–H and O–H groups in total. The predicted molar refractivity (Wildman–Crippen MR) is 295 cm³/mol. The minimum absolute atomic E-state index is 0.250. The Morgan fingerprint density at radius 2 is 0.932 bits per heavy atom. The largest absolute Gasteiger partial charge is 0.394 e. The third-order valence-electron chi connectivity index (χ3n) is 13.6. The van der Waals surface area contributed by atoms with Crippen molar-refractivity contribution in [3.63, 3.8) is 0 Å². The lowest BCUT2D eigenvalue weighted by atomic mass is 9.97. The quantitative estimate of drug-likeness (QED) is 0.0205. The maximum absolute atomic E-state index is 13.1. The minimum atomic E-state index is -1.79. The van der Waals surface area contributed by atoms with Crippen molar-refractivity contribution in [1.29, 1.82) is 0 Å². The number of rotatable bonds is 44. The lowest BCUT2D eigenvalue weighted by Gasteiger charge is -2.46. The summed E-state index contributed by atoms with van der Waals surface area (Å²) < 4.78 is 22.6. The molecule has 0 saturated carbocycles. The lowest BCUT2D eigenvalue weighted by Crippen LogP contribution is -2.65. The monoisotopic (exact) mass is 1050 g/mol. The molecule has 0 aromatic carbocycles. The standard InChI is InChI=1S/C60H103NO13/c1-3-5-7-9-10-11-12-13-14-15-16-17-18-19-20-21-22-23-24-25-26-27-28-29-30-31-32-33-34-35-36-37-38-40-42-44-52(65)61-48(49(64)43-41-39-8-6-4-2)47-71-59-57(70)55(68)58(51(46-63)73-59)74-60-56(69)54(67)53(66)50(45-62)72-60/h5,7,10-11,13-14,16-17,19-20,22-23,41,43,48-51,53-60,62-64,66-70H,3-4,6,8-9,12,15,18,21,24-40,42,44-47H2,1-2H3,(H,61,65)/b7-5-,11-10-,14-13-,17-16-,20-19-,23-22-,43-41+. The van der Waals surface area contributed by atoms with Crippen LogP contribution in [0.5, 0.6) is 0 Å². The molecule has 2 saturated heterocycles. The van der Waals surface area contributed by atoms with Crippen molar-refractivity contribution in [1.82, 2.24) is 5.32 Å². The third kappa shape index (κ3) is 30.8. The lowest BCUT2D eigenvalue weighted by molar-refractivity contribution is -0.359. The molecule has 2 aliphatic heterocycles. The summed E-state index contributed by atoms with van der Waals surface area (Å²) in [6.45, 7) is 2.54. The first kappa shape index (κ1) is 67.3. The maximum Gasteiger partial charge on any atom is 0.220 e. The zero-order valence-electron chi connectivity index (χ0n) is 45.6. The number of carbonyl (C=O) groups excluding carboxylic acids is 1. The van der Waals surface area contributed by atoms with Crippen LogP contribution in [0.2, 0.25) is 0 Å². The molecule has 0 radical (unpaired) electrons. The van der Waals surface area contributed by atoms with Gasteiger partial charge in [-0.25, -0.2) is 0 Å². The van der Waals surface area contributed by atoms with Crippen LogP contribution in [0.15, 0.2) is 85.1 Å². The van der Waals surface area contributed by atoms with E-state index in [0.29, 0.717) is 6.42 Å². The summed E-state index contributed by atoms with van der Waals surface area (Å²) in [6, 6.07) is -0.913. The number of carbonyl (C=O) groups is 1. The van der Waals surface area contributed by atoms with Crippen molar-refractivity contribution >= 4 is 5.91 Å². The third-order valence-corrected chi connectivity index (χ3v) is 13.6. The van der Waals surface area contributed by atoms with Gasteiger partial charge in [0.1, 0.15) is 48.8 Å². The highest BCUT2D eigenvalue weighted by atomic mass is 16.7. The highest BCUT2D eigenvalue weighted by Crippen LogP contribution is 2.30. The van der Waals surface area contributed by atoms with Gasteiger partial charge in [-0.3, -0.25) is 4.79 Å². The molecule has 426 valence electrons. The number of aliphatic hydroxyl groups excluding tert-OH is 8. The summed E-state index contributed by atoms with van der Waals surface area (Å²) in [5, 5.41) is 86.3. The molecule has 14 heteroatoms. The summed E-state index contributed by atoms with van der Waals surface area (Å²) in [6.07, 6.45) is 44.3. The molecular weight excluding hydrogens is 943 g/mol. The van der Waals surface area contributed by atoms with Crippen molar-refractivity contribution in [2.24, 2.45) is 0 Å². The van der Waals surface area contributed by atoms with Crippen LogP contribution < -0.4 is 5.32 Å². The molecule has 0 aliphatic carbocycles. The SMILES string of the molecule is CC/C=C\C/C=C\C/C=C\C/C=C\C/C=C\C/C=C\CCCCCCCCCCCCCCCCCCC(=O)NC(COC1OC(CO)C(OC2OC(CO)C(O)C(O)C2O)C(O)C1O)C(O)/C=C/CCCCC. The molecule has 2 heterocycles. The summed E-state index contributed by atoms with van der Waals surface area (Å²) in [4.78, 5) is 13.1. The summed E-state index contributed by atoms with van der Waals surface area (Å²) in [7, 11) is 0. The molecule has 2 fully saturated rings. The molecule has 2 rings (SSSR count). The van der Waals surface area contributed by atoms with E-state index in [9.17, 15) is 45.6 Å².